The van der Waals surface area contributed by atoms with Gasteiger partial charge in [0.2, 0.25) is 6.43 Å². The Morgan fingerprint density at radius 1 is 1.33 bits per heavy atom. The summed E-state index contributed by atoms with van der Waals surface area (Å²) in [7, 11) is 0. The minimum absolute atomic E-state index is 0.0806. The van der Waals surface area contributed by atoms with E-state index in [1.165, 1.54) is 24.3 Å². The van der Waals surface area contributed by atoms with Gasteiger partial charge in [-0.15, -0.1) is 0 Å². The monoisotopic (exact) mass is 216 g/mol. The van der Waals surface area contributed by atoms with Crippen LogP contribution in [0.3, 0.4) is 0 Å². The SMILES string of the molecule is N[C@@H](CC(F)F)c1ccc([N+](=O)[O-])cc1. The standard InChI is InChI=1S/C9H10F2N2O2/c10-9(11)5-8(12)6-1-3-7(4-2-6)13(14)15/h1-4,8-9H,5,12H2/t8-/m0/s1. The number of nitro groups is 1. The zero-order valence-corrected chi connectivity index (χ0v) is 7.77. The molecule has 0 radical (unpaired) electrons. The fourth-order valence-corrected chi connectivity index (χ4v) is 1.17. The summed E-state index contributed by atoms with van der Waals surface area (Å²) in [6.45, 7) is 0. The molecule has 0 fully saturated rings. The Kier molecular flexibility index (Phi) is 3.68. The summed E-state index contributed by atoms with van der Waals surface area (Å²) < 4.78 is 24.0. The van der Waals surface area contributed by atoms with E-state index in [1.54, 1.807) is 0 Å². The summed E-state index contributed by atoms with van der Waals surface area (Å²) in [5, 5.41) is 10.3. The third kappa shape index (κ3) is 3.25. The van der Waals surface area contributed by atoms with Gasteiger partial charge in [-0.05, 0) is 5.56 Å². The van der Waals surface area contributed by atoms with Gasteiger partial charge in [-0.25, -0.2) is 8.78 Å². The highest BCUT2D eigenvalue weighted by atomic mass is 19.3. The molecule has 2 N–H and O–H groups in total. The number of halogens is 2. The zero-order chi connectivity index (χ0) is 11.4. The second kappa shape index (κ2) is 4.79. The van der Waals surface area contributed by atoms with E-state index >= 15 is 0 Å². The van der Waals surface area contributed by atoms with Crippen LogP contribution < -0.4 is 5.73 Å². The van der Waals surface area contributed by atoms with Crippen LogP contribution in [0, 0.1) is 10.1 Å². The van der Waals surface area contributed by atoms with Gasteiger partial charge < -0.3 is 5.73 Å². The van der Waals surface area contributed by atoms with Crippen LogP contribution in [-0.2, 0) is 0 Å². The molecule has 0 aromatic heterocycles. The number of rotatable bonds is 4. The number of nitrogens with zero attached hydrogens (tertiary/aromatic N) is 1. The molecule has 6 heteroatoms. The molecule has 15 heavy (non-hydrogen) atoms. The second-order valence-electron chi connectivity index (χ2n) is 3.08. The number of benzene rings is 1. The van der Waals surface area contributed by atoms with Crippen molar-refractivity contribution in [2.24, 2.45) is 5.73 Å². The van der Waals surface area contributed by atoms with Gasteiger partial charge in [0.1, 0.15) is 0 Å². The van der Waals surface area contributed by atoms with Gasteiger partial charge in [0.25, 0.3) is 5.69 Å². The van der Waals surface area contributed by atoms with Gasteiger partial charge in [0, 0.05) is 24.6 Å². The molecule has 0 saturated carbocycles. The van der Waals surface area contributed by atoms with Gasteiger partial charge in [0.05, 0.1) is 4.92 Å². The number of nitro benzene ring substituents is 1. The summed E-state index contributed by atoms with van der Waals surface area (Å²) in [6, 6.07) is 4.50. The predicted molar refractivity (Wildman–Crippen MR) is 50.6 cm³/mol. The van der Waals surface area contributed by atoms with Crippen LogP contribution in [0.2, 0.25) is 0 Å². The fourth-order valence-electron chi connectivity index (χ4n) is 1.17. The van der Waals surface area contributed by atoms with E-state index in [2.05, 4.69) is 0 Å². The van der Waals surface area contributed by atoms with E-state index in [0.717, 1.165) is 0 Å². The Labute approximate surface area is 84.9 Å². The van der Waals surface area contributed by atoms with Crippen molar-refractivity contribution in [1.82, 2.24) is 0 Å². The molecule has 4 nitrogen and oxygen atoms in total. The Balaban J connectivity index is 2.75. The Morgan fingerprint density at radius 2 is 1.87 bits per heavy atom. The highest BCUT2D eigenvalue weighted by Crippen LogP contribution is 2.20. The van der Waals surface area contributed by atoms with Crippen molar-refractivity contribution >= 4 is 5.69 Å². The smallest absolute Gasteiger partial charge is 0.269 e. The Bertz CT molecular complexity index is 340. The van der Waals surface area contributed by atoms with Crippen molar-refractivity contribution in [2.45, 2.75) is 18.9 Å². The third-order valence-corrected chi connectivity index (χ3v) is 1.96. The molecule has 1 aromatic rings. The van der Waals surface area contributed by atoms with Crippen molar-refractivity contribution in [2.75, 3.05) is 0 Å². The maximum Gasteiger partial charge on any atom is 0.269 e. The van der Waals surface area contributed by atoms with Gasteiger partial charge >= 0.3 is 0 Å². The molecule has 0 bridgehead atoms. The number of hydrogen-bond donors (Lipinski definition) is 1. The number of nitrogens with two attached hydrogens (primary N) is 1. The van der Waals surface area contributed by atoms with Crippen molar-refractivity contribution in [3.05, 3.63) is 39.9 Å². The van der Waals surface area contributed by atoms with Crippen LogP contribution in [-0.4, -0.2) is 11.3 Å². The summed E-state index contributed by atoms with van der Waals surface area (Å²) in [5.74, 6) is 0. The molecule has 0 amide bonds. The molecule has 1 atom stereocenters. The number of non-ortho nitro benzene ring substituents is 1. The van der Waals surface area contributed by atoms with Gasteiger partial charge in [-0.3, -0.25) is 10.1 Å². The minimum Gasteiger partial charge on any atom is -0.324 e. The lowest BCUT2D eigenvalue weighted by Crippen LogP contribution is -2.13. The first-order valence-electron chi connectivity index (χ1n) is 4.29. The van der Waals surface area contributed by atoms with E-state index < -0.39 is 23.8 Å². The fraction of sp³-hybridized carbons (Fsp3) is 0.333. The maximum absolute atomic E-state index is 12.0. The van der Waals surface area contributed by atoms with Crippen molar-refractivity contribution in [3.63, 3.8) is 0 Å². The maximum atomic E-state index is 12.0. The molecule has 1 aromatic carbocycles. The molecule has 0 heterocycles. The average molecular weight is 216 g/mol. The number of hydrogen-bond acceptors (Lipinski definition) is 3. The normalized spacial score (nSPS) is 12.8. The third-order valence-electron chi connectivity index (χ3n) is 1.96. The van der Waals surface area contributed by atoms with Gasteiger partial charge in [0.15, 0.2) is 0 Å². The first-order valence-corrected chi connectivity index (χ1v) is 4.29. The Morgan fingerprint density at radius 3 is 2.27 bits per heavy atom. The van der Waals surface area contributed by atoms with E-state index in [-0.39, 0.29) is 5.69 Å². The molecule has 1 rings (SSSR count). The van der Waals surface area contributed by atoms with Crippen LogP contribution in [0.4, 0.5) is 14.5 Å². The molecule has 0 aliphatic heterocycles. The summed E-state index contributed by atoms with van der Waals surface area (Å²) >= 11 is 0. The van der Waals surface area contributed by atoms with Crippen LogP contribution in [0.1, 0.15) is 18.0 Å². The molecule has 82 valence electrons. The van der Waals surface area contributed by atoms with Crippen molar-refractivity contribution < 1.29 is 13.7 Å². The van der Waals surface area contributed by atoms with E-state index in [0.29, 0.717) is 5.56 Å². The van der Waals surface area contributed by atoms with Crippen LogP contribution in [0.25, 0.3) is 0 Å². The molecule has 0 saturated heterocycles. The lowest BCUT2D eigenvalue weighted by atomic mass is 10.0. The predicted octanol–water partition coefficient (Wildman–Crippen LogP) is 2.25. The minimum atomic E-state index is -2.48. The Hall–Kier alpha value is -1.56. The summed E-state index contributed by atoms with van der Waals surface area (Å²) in [6.07, 6.45) is -2.92. The molecular weight excluding hydrogens is 206 g/mol. The van der Waals surface area contributed by atoms with Crippen LogP contribution >= 0.6 is 0 Å². The summed E-state index contributed by atoms with van der Waals surface area (Å²) in [4.78, 5) is 9.76. The highest BCUT2D eigenvalue weighted by molar-refractivity contribution is 5.34. The van der Waals surface area contributed by atoms with Crippen molar-refractivity contribution in [3.8, 4) is 0 Å². The quantitative estimate of drug-likeness (QED) is 0.619. The topological polar surface area (TPSA) is 69.2 Å². The lowest BCUT2D eigenvalue weighted by Gasteiger charge is -2.10. The molecule has 0 unspecified atom stereocenters. The second-order valence-corrected chi connectivity index (χ2v) is 3.08. The molecule has 0 spiro atoms. The first-order chi connectivity index (χ1) is 7.00. The molecule has 0 aliphatic rings. The molecular formula is C9H10F2N2O2. The van der Waals surface area contributed by atoms with Crippen LogP contribution in [0.5, 0.6) is 0 Å². The summed E-state index contributed by atoms with van der Waals surface area (Å²) in [5.41, 5.74) is 5.86. The first kappa shape index (κ1) is 11.5. The van der Waals surface area contributed by atoms with Crippen molar-refractivity contribution in [1.29, 1.82) is 0 Å². The highest BCUT2D eigenvalue weighted by Gasteiger charge is 2.13. The van der Waals surface area contributed by atoms with E-state index in [4.69, 9.17) is 5.73 Å². The van der Waals surface area contributed by atoms with Gasteiger partial charge in [-0.2, -0.15) is 0 Å². The number of alkyl halides is 2. The van der Waals surface area contributed by atoms with E-state index in [9.17, 15) is 18.9 Å². The van der Waals surface area contributed by atoms with Crippen LogP contribution in [0.15, 0.2) is 24.3 Å². The van der Waals surface area contributed by atoms with E-state index in [1.807, 2.05) is 0 Å². The average Bonchev–Trinajstić information content (AvgIpc) is 2.17. The largest absolute Gasteiger partial charge is 0.324 e. The zero-order valence-electron chi connectivity index (χ0n) is 7.77. The lowest BCUT2D eigenvalue weighted by molar-refractivity contribution is -0.384. The van der Waals surface area contributed by atoms with Gasteiger partial charge in [-0.1, -0.05) is 12.1 Å². The molecule has 0 aliphatic carbocycles.